The van der Waals surface area contributed by atoms with Crippen LogP contribution in [0.15, 0.2) is 33.5 Å². The number of rotatable bonds is 6. The highest BCUT2D eigenvalue weighted by Gasteiger charge is 2.16. The largest absolute Gasteiger partial charge is 0.508 e. The lowest BCUT2D eigenvalue weighted by Gasteiger charge is -2.14. The van der Waals surface area contributed by atoms with Crippen molar-refractivity contribution in [3.63, 3.8) is 0 Å². The number of aliphatic carboxylic acids is 1. The fraction of sp³-hybridized carbons (Fsp3) is 0.333. The molecule has 0 radical (unpaired) electrons. The molecule has 112 valence electrons. The van der Waals surface area contributed by atoms with Crippen LogP contribution in [0.2, 0.25) is 0 Å². The van der Waals surface area contributed by atoms with E-state index in [0.29, 0.717) is 17.4 Å². The van der Waals surface area contributed by atoms with Crippen molar-refractivity contribution in [3.8, 4) is 5.75 Å². The summed E-state index contributed by atoms with van der Waals surface area (Å²) in [5, 5.41) is 22.1. The lowest BCUT2D eigenvalue weighted by atomic mass is 10.1. The van der Waals surface area contributed by atoms with Crippen molar-refractivity contribution in [1.29, 1.82) is 0 Å². The predicted molar refractivity (Wildman–Crippen MR) is 77.3 cm³/mol. The van der Waals surface area contributed by atoms with Gasteiger partial charge in [-0.25, -0.2) is 4.79 Å². The maximum atomic E-state index is 11.5. The third kappa shape index (κ3) is 3.61. The molecule has 1 aromatic carbocycles. The first-order valence-corrected chi connectivity index (χ1v) is 6.73. The standard InChI is InChI=1S/C15H17NO5/c1-2-3-12(15(19)20)16-8-9-6-14(18)21-13-7-10(17)4-5-11(9)13/h4-7,12,16-17H,2-3,8H2,1H3,(H,19,20). The van der Waals surface area contributed by atoms with Crippen molar-refractivity contribution < 1.29 is 19.4 Å². The number of nitrogens with one attached hydrogen (secondary N) is 1. The van der Waals surface area contributed by atoms with Gasteiger partial charge in [-0.05, 0) is 24.1 Å². The molecule has 6 nitrogen and oxygen atoms in total. The summed E-state index contributed by atoms with van der Waals surface area (Å²) in [5.74, 6) is -0.910. The van der Waals surface area contributed by atoms with Crippen molar-refractivity contribution >= 4 is 16.9 Å². The van der Waals surface area contributed by atoms with Gasteiger partial charge in [-0.15, -0.1) is 0 Å². The van der Waals surface area contributed by atoms with Crippen molar-refractivity contribution in [2.24, 2.45) is 0 Å². The zero-order chi connectivity index (χ0) is 15.4. The Morgan fingerprint density at radius 1 is 1.38 bits per heavy atom. The molecule has 2 aromatic rings. The quantitative estimate of drug-likeness (QED) is 0.702. The molecule has 0 spiro atoms. The van der Waals surface area contributed by atoms with E-state index in [1.807, 2.05) is 6.92 Å². The molecular weight excluding hydrogens is 274 g/mol. The Bertz CT molecular complexity index is 707. The van der Waals surface area contributed by atoms with E-state index in [1.165, 1.54) is 18.2 Å². The summed E-state index contributed by atoms with van der Waals surface area (Å²) in [5.41, 5.74) is 0.387. The van der Waals surface area contributed by atoms with Crippen LogP contribution < -0.4 is 10.9 Å². The first-order chi connectivity index (χ1) is 10.0. The Morgan fingerprint density at radius 3 is 2.81 bits per heavy atom. The van der Waals surface area contributed by atoms with Crippen LogP contribution in [-0.2, 0) is 11.3 Å². The van der Waals surface area contributed by atoms with E-state index >= 15 is 0 Å². The Morgan fingerprint density at radius 2 is 2.14 bits per heavy atom. The first-order valence-electron chi connectivity index (χ1n) is 6.73. The van der Waals surface area contributed by atoms with E-state index in [-0.39, 0.29) is 17.9 Å². The maximum Gasteiger partial charge on any atom is 0.336 e. The highest BCUT2D eigenvalue weighted by molar-refractivity contribution is 5.81. The average Bonchev–Trinajstić information content (AvgIpc) is 2.42. The van der Waals surface area contributed by atoms with Gasteiger partial charge in [-0.1, -0.05) is 13.3 Å². The number of carboxylic acid groups (broad SMARTS) is 1. The van der Waals surface area contributed by atoms with E-state index in [4.69, 9.17) is 9.52 Å². The number of fused-ring (bicyclic) bond motifs is 1. The van der Waals surface area contributed by atoms with Gasteiger partial charge in [0.2, 0.25) is 0 Å². The summed E-state index contributed by atoms with van der Waals surface area (Å²) >= 11 is 0. The fourth-order valence-electron chi connectivity index (χ4n) is 2.20. The van der Waals surface area contributed by atoms with Gasteiger partial charge in [0.15, 0.2) is 0 Å². The van der Waals surface area contributed by atoms with Crippen molar-refractivity contribution in [2.45, 2.75) is 32.4 Å². The van der Waals surface area contributed by atoms with E-state index in [2.05, 4.69) is 5.32 Å². The van der Waals surface area contributed by atoms with Crippen molar-refractivity contribution in [3.05, 3.63) is 40.2 Å². The van der Waals surface area contributed by atoms with E-state index in [9.17, 15) is 14.7 Å². The maximum absolute atomic E-state index is 11.5. The van der Waals surface area contributed by atoms with Gasteiger partial charge >= 0.3 is 11.6 Å². The molecule has 0 saturated carbocycles. The van der Waals surface area contributed by atoms with Crippen LogP contribution in [0, 0.1) is 0 Å². The van der Waals surface area contributed by atoms with Gasteiger partial charge in [-0.2, -0.15) is 0 Å². The molecule has 6 heteroatoms. The molecule has 0 aliphatic heterocycles. The van der Waals surface area contributed by atoms with Gasteiger partial charge in [-0.3, -0.25) is 4.79 Å². The van der Waals surface area contributed by atoms with Crippen LogP contribution in [0.4, 0.5) is 0 Å². The third-order valence-corrected chi connectivity index (χ3v) is 3.23. The smallest absolute Gasteiger partial charge is 0.336 e. The molecule has 0 amide bonds. The number of carbonyl (C=O) groups is 1. The summed E-state index contributed by atoms with van der Waals surface area (Å²) in [6.07, 6.45) is 1.25. The molecule has 2 rings (SSSR count). The lowest BCUT2D eigenvalue weighted by molar-refractivity contribution is -0.139. The number of carboxylic acids is 1. The Balaban J connectivity index is 2.29. The Labute approximate surface area is 121 Å². The number of phenolic OH excluding ortho intramolecular Hbond substituents is 1. The molecule has 0 fully saturated rings. The van der Waals surface area contributed by atoms with Gasteiger partial charge in [0.1, 0.15) is 17.4 Å². The number of hydrogen-bond donors (Lipinski definition) is 3. The highest BCUT2D eigenvalue weighted by atomic mass is 16.4. The molecule has 1 heterocycles. The lowest BCUT2D eigenvalue weighted by Crippen LogP contribution is -2.36. The average molecular weight is 291 g/mol. The summed E-state index contributed by atoms with van der Waals surface area (Å²) < 4.78 is 5.03. The van der Waals surface area contributed by atoms with Gasteiger partial charge in [0, 0.05) is 24.1 Å². The Kier molecular flexibility index (Phi) is 4.59. The molecule has 0 aliphatic carbocycles. The number of phenols is 1. The van der Waals surface area contributed by atoms with Crippen LogP contribution >= 0.6 is 0 Å². The minimum atomic E-state index is -0.915. The SMILES string of the molecule is CCCC(NCc1cc(=O)oc2cc(O)ccc12)C(=O)O. The molecular formula is C15H17NO5. The normalized spacial score (nSPS) is 12.4. The minimum absolute atomic E-state index is 0.00477. The molecule has 0 aliphatic rings. The van der Waals surface area contributed by atoms with Crippen molar-refractivity contribution in [1.82, 2.24) is 5.32 Å². The van der Waals surface area contributed by atoms with Crippen LogP contribution in [0.25, 0.3) is 11.0 Å². The second kappa shape index (κ2) is 6.41. The molecule has 1 atom stereocenters. The fourth-order valence-corrected chi connectivity index (χ4v) is 2.20. The van der Waals surface area contributed by atoms with Crippen LogP contribution in [-0.4, -0.2) is 22.2 Å². The summed E-state index contributed by atoms with van der Waals surface area (Å²) in [7, 11) is 0. The van der Waals surface area contributed by atoms with Gasteiger partial charge < -0.3 is 19.9 Å². The molecule has 1 unspecified atom stereocenters. The van der Waals surface area contributed by atoms with E-state index in [1.54, 1.807) is 6.07 Å². The summed E-state index contributed by atoms with van der Waals surface area (Å²) in [6, 6.07) is 5.17. The van der Waals surface area contributed by atoms with Crippen molar-refractivity contribution in [2.75, 3.05) is 0 Å². The molecule has 0 bridgehead atoms. The summed E-state index contributed by atoms with van der Waals surface area (Å²) in [6.45, 7) is 2.15. The molecule has 1 aromatic heterocycles. The predicted octanol–water partition coefficient (Wildman–Crippen LogP) is 1.84. The monoisotopic (exact) mass is 291 g/mol. The third-order valence-electron chi connectivity index (χ3n) is 3.23. The molecule has 0 saturated heterocycles. The number of hydrogen-bond acceptors (Lipinski definition) is 5. The minimum Gasteiger partial charge on any atom is -0.508 e. The number of benzene rings is 1. The molecule has 21 heavy (non-hydrogen) atoms. The Hall–Kier alpha value is -2.34. The first kappa shape index (κ1) is 15.1. The van der Waals surface area contributed by atoms with Gasteiger partial charge in [0.25, 0.3) is 0 Å². The van der Waals surface area contributed by atoms with Gasteiger partial charge in [0.05, 0.1) is 0 Å². The topological polar surface area (TPSA) is 99.8 Å². The number of aromatic hydroxyl groups is 1. The van der Waals surface area contributed by atoms with E-state index in [0.717, 1.165) is 6.42 Å². The summed E-state index contributed by atoms with van der Waals surface area (Å²) in [4.78, 5) is 22.6. The van der Waals surface area contributed by atoms with E-state index < -0.39 is 17.6 Å². The van der Waals surface area contributed by atoms with Crippen LogP contribution in [0.1, 0.15) is 25.3 Å². The van der Waals surface area contributed by atoms with Crippen LogP contribution in [0.5, 0.6) is 5.75 Å². The second-order valence-corrected chi connectivity index (χ2v) is 4.83. The van der Waals surface area contributed by atoms with Crippen LogP contribution in [0.3, 0.4) is 0 Å². The molecule has 3 N–H and O–H groups in total. The zero-order valence-corrected chi connectivity index (χ0v) is 11.6. The zero-order valence-electron chi connectivity index (χ0n) is 11.6. The highest BCUT2D eigenvalue weighted by Crippen LogP contribution is 2.21. The second-order valence-electron chi connectivity index (χ2n) is 4.83.